The Morgan fingerprint density at radius 3 is 2.08 bits per heavy atom. The maximum Gasteiger partial charge on any atom is 0.131 e. The Kier molecular flexibility index (Phi) is 6.76. The van der Waals surface area contributed by atoms with E-state index in [1.54, 1.807) is 6.92 Å². The van der Waals surface area contributed by atoms with Crippen LogP contribution >= 0.6 is 0 Å². The molecule has 0 spiro atoms. The number of aliphatic hydroxyl groups excluding tert-OH is 2. The Labute approximate surface area is 79.2 Å². The maximum atomic E-state index is 10.8. The molecule has 0 aliphatic carbocycles. The standard InChI is InChI=1S/C9H19NO3/c1-8(7-9(2)13)10(3-5-11)4-6-12/h8,11-12H,3-7H2,1-2H3. The first-order chi connectivity index (χ1) is 6.11. The van der Waals surface area contributed by atoms with Crippen LogP contribution in [0.1, 0.15) is 20.3 Å². The number of hydrogen-bond donors (Lipinski definition) is 2. The average molecular weight is 189 g/mol. The third-order valence-electron chi connectivity index (χ3n) is 1.98. The second kappa shape index (κ2) is 7.00. The van der Waals surface area contributed by atoms with Crippen molar-refractivity contribution in [3.05, 3.63) is 0 Å². The quantitative estimate of drug-likeness (QED) is 0.574. The van der Waals surface area contributed by atoms with Crippen molar-refractivity contribution in [3.8, 4) is 0 Å². The summed E-state index contributed by atoms with van der Waals surface area (Å²) in [4.78, 5) is 12.7. The molecule has 4 heteroatoms. The summed E-state index contributed by atoms with van der Waals surface area (Å²) in [5.41, 5.74) is 0. The van der Waals surface area contributed by atoms with Gasteiger partial charge in [-0.15, -0.1) is 0 Å². The van der Waals surface area contributed by atoms with Gasteiger partial charge in [0.2, 0.25) is 0 Å². The van der Waals surface area contributed by atoms with Crippen LogP contribution in [0.3, 0.4) is 0 Å². The Bertz CT molecular complexity index is 144. The molecule has 0 aromatic heterocycles. The first-order valence-corrected chi connectivity index (χ1v) is 4.57. The second-order valence-electron chi connectivity index (χ2n) is 3.24. The van der Waals surface area contributed by atoms with Crippen molar-refractivity contribution in [1.82, 2.24) is 4.90 Å². The SMILES string of the molecule is CC(=O)CC(C)N(CCO)CCO. The van der Waals surface area contributed by atoms with Gasteiger partial charge in [-0.1, -0.05) is 0 Å². The molecule has 0 aromatic rings. The molecule has 0 fully saturated rings. The van der Waals surface area contributed by atoms with E-state index in [2.05, 4.69) is 0 Å². The fourth-order valence-electron chi connectivity index (χ4n) is 1.35. The van der Waals surface area contributed by atoms with Gasteiger partial charge in [0.15, 0.2) is 0 Å². The summed E-state index contributed by atoms with van der Waals surface area (Å²) in [5.74, 6) is 0.133. The van der Waals surface area contributed by atoms with Gasteiger partial charge in [-0.25, -0.2) is 0 Å². The fraction of sp³-hybridized carbons (Fsp3) is 0.889. The van der Waals surface area contributed by atoms with Crippen LogP contribution in [0.5, 0.6) is 0 Å². The van der Waals surface area contributed by atoms with Crippen molar-refractivity contribution in [2.45, 2.75) is 26.3 Å². The smallest absolute Gasteiger partial charge is 0.131 e. The van der Waals surface area contributed by atoms with Gasteiger partial charge >= 0.3 is 0 Å². The lowest BCUT2D eigenvalue weighted by Gasteiger charge is -2.26. The molecule has 1 unspecified atom stereocenters. The summed E-state index contributed by atoms with van der Waals surface area (Å²) in [6.07, 6.45) is 0.472. The lowest BCUT2D eigenvalue weighted by atomic mass is 10.1. The lowest BCUT2D eigenvalue weighted by molar-refractivity contribution is -0.118. The van der Waals surface area contributed by atoms with Gasteiger partial charge in [0.25, 0.3) is 0 Å². The van der Waals surface area contributed by atoms with Crippen LogP contribution in [0, 0.1) is 0 Å². The number of hydrogen-bond acceptors (Lipinski definition) is 4. The molecule has 0 aliphatic heterocycles. The largest absolute Gasteiger partial charge is 0.395 e. The second-order valence-corrected chi connectivity index (χ2v) is 3.24. The van der Waals surface area contributed by atoms with Crippen LogP contribution in [0.4, 0.5) is 0 Å². The van der Waals surface area contributed by atoms with E-state index in [4.69, 9.17) is 10.2 Å². The minimum Gasteiger partial charge on any atom is -0.395 e. The highest BCUT2D eigenvalue weighted by Crippen LogP contribution is 2.03. The normalized spacial score (nSPS) is 13.3. The van der Waals surface area contributed by atoms with E-state index in [0.29, 0.717) is 19.5 Å². The van der Waals surface area contributed by atoms with Crippen molar-refractivity contribution < 1.29 is 15.0 Å². The predicted octanol–water partition coefficient (Wildman–Crippen LogP) is -0.359. The van der Waals surface area contributed by atoms with Crippen LogP contribution in [0.25, 0.3) is 0 Å². The van der Waals surface area contributed by atoms with E-state index >= 15 is 0 Å². The first-order valence-electron chi connectivity index (χ1n) is 4.57. The molecule has 2 N–H and O–H groups in total. The van der Waals surface area contributed by atoms with Crippen molar-refractivity contribution in [2.24, 2.45) is 0 Å². The molecule has 0 saturated carbocycles. The topological polar surface area (TPSA) is 60.8 Å². The zero-order valence-electron chi connectivity index (χ0n) is 8.36. The molecular weight excluding hydrogens is 170 g/mol. The summed E-state index contributed by atoms with van der Waals surface area (Å²) in [6.45, 7) is 4.60. The van der Waals surface area contributed by atoms with Crippen LogP contribution in [0.2, 0.25) is 0 Å². The van der Waals surface area contributed by atoms with E-state index in [1.807, 2.05) is 11.8 Å². The third kappa shape index (κ3) is 5.74. The van der Waals surface area contributed by atoms with Crippen molar-refractivity contribution in [1.29, 1.82) is 0 Å². The summed E-state index contributed by atoms with van der Waals surface area (Å²) in [7, 11) is 0. The highest BCUT2D eigenvalue weighted by molar-refractivity contribution is 5.76. The lowest BCUT2D eigenvalue weighted by Crippen LogP contribution is -2.38. The summed E-state index contributed by atoms with van der Waals surface area (Å²) < 4.78 is 0. The number of nitrogens with zero attached hydrogens (tertiary/aromatic N) is 1. The molecule has 0 aromatic carbocycles. The van der Waals surface area contributed by atoms with Gasteiger partial charge in [-0.05, 0) is 13.8 Å². The van der Waals surface area contributed by atoms with Crippen LogP contribution < -0.4 is 0 Å². The molecule has 0 radical (unpaired) electrons. The Morgan fingerprint density at radius 1 is 1.31 bits per heavy atom. The summed E-state index contributed by atoms with van der Waals surface area (Å²) in [6, 6.07) is 0.0943. The van der Waals surface area contributed by atoms with Gasteiger partial charge < -0.3 is 10.2 Å². The van der Waals surface area contributed by atoms with E-state index in [9.17, 15) is 4.79 Å². The van der Waals surface area contributed by atoms with E-state index in [1.165, 1.54) is 0 Å². The highest BCUT2D eigenvalue weighted by Gasteiger charge is 2.13. The number of ketones is 1. The molecule has 13 heavy (non-hydrogen) atoms. The van der Waals surface area contributed by atoms with E-state index in [0.717, 1.165) is 0 Å². The molecule has 1 atom stereocenters. The Hall–Kier alpha value is -0.450. The molecular formula is C9H19NO3. The first kappa shape index (κ1) is 12.6. The maximum absolute atomic E-state index is 10.8. The zero-order valence-corrected chi connectivity index (χ0v) is 8.36. The average Bonchev–Trinajstić information content (AvgIpc) is 2.02. The zero-order chi connectivity index (χ0) is 10.3. The Balaban J connectivity index is 3.93. The van der Waals surface area contributed by atoms with Gasteiger partial charge in [0, 0.05) is 25.6 Å². The molecule has 0 heterocycles. The Morgan fingerprint density at radius 2 is 1.77 bits per heavy atom. The predicted molar refractivity (Wildman–Crippen MR) is 50.5 cm³/mol. The van der Waals surface area contributed by atoms with Crippen LogP contribution in [0.15, 0.2) is 0 Å². The molecule has 0 rings (SSSR count). The molecule has 0 saturated heterocycles. The van der Waals surface area contributed by atoms with Crippen molar-refractivity contribution >= 4 is 5.78 Å². The van der Waals surface area contributed by atoms with Crippen LogP contribution in [-0.2, 0) is 4.79 Å². The number of carbonyl (C=O) groups is 1. The van der Waals surface area contributed by atoms with Gasteiger partial charge in [-0.3, -0.25) is 9.69 Å². The third-order valence-corrected chi connectivity index (χ3v) is 1.98. The molecule has 0 amide bonds. The van der Waals surface area contributed by atoms with E-state index in [-0.39, 0.29) is 25.0 Å². The van der Waals surface area contributed by atoms with Gasteiger partial charge in [-0.2, -0.15) is 0 Å². The minimum atomic E-state index is 0.0578. The molecule has 78 valence electrons. The number of Topliss-reactive ketones (excluding diaryl/α,β-unsaturated/α-hetero) is 1. The molecule has 4 nitrogen and oxygen atoms in total. The number of carbonyl (C=O) groups excluding carboxylic acids is 1. The fourth-order valence-corrected chi connectivity index (χ4v) is 1.35. The minimum absolute atomic E-state index is 0.0578. The van der Waals surface area contributed by atoms with E-state index < -0.39 is 0 Å². The molecule has 0 aliphatic rings. The summed E-state index contributed by atoms with van der Waals surface area (Å²) >= 11 is 0. The molecule has 0 bridgehead atoms. The van der Waals surface area contributed by atoms with Crippen molar-refractivity contribution in [3.63, 3.8) is 0 Å². The van der Waals surface area contributed by atoms with Crippen molar-refractivity contribution in [2.75, 3.05) is 26.3 Å². The van der Waals surface area contributed by atoms with Crippen LogP contribution in [-0.4, -0.2) is 53.2 Å². The van der Waals surface area contributed by atoms with Gasteiger partial charge in [0.1, 0.15) is 5.78 Å². The highest BCUT2D eigenvalue weighted by atomic mass is 16.3. The van der Waals surface area contributed by atoms with Gasteiger partial charge in [0.05, 0.1) is 13.2 Å². The monoisotopic (exact) mass is 189 g/mol. The summed E-state index contributed by atoms with van der Waals surface area (Å²) in [5, 5.41) is 17.5. The number of aliphatic hydroxyl groups is 2. The number of rotatable bonds is 7.